The van der Waals surface area contributed by atoms with Crippen molar-refractivity contribution in [3.05, 3.63) is 69.7 Å². The van der Waals surface area contributed by atoms with Gasteiger partial charge < -0.3 is 5.32 Å². The molecule has 1 unspecified atom stereocenters. The van der Waals surface area contributed by atoms with E-state index in [-0.39, 0.29) is 0 Å². The first-order valence-corrected chi connectivity index (χ1v) is 6.97. The Hall–Kier alpha value is -1.31. The van der Waals surface area contributed by atoms with Crippen LogP contribution in [0.5, 0.6) is 0 Å². The van der Waals surface area contributed by atoms with Gasteiger partial charge in [0.25, 0.3) is 0 Å². The lowest BCUT2D eigenvalue weighted by molar-refractivity contribution is 0.590. The molecule has 2 aromatic rings. The minimum Gasteiger partial charge on any atom is -0.313 e. The van der Waals surface area contributed by atoms with Crippen LogP contribution in [0.2, 0.25) is 5.02 Å². The van der Waals surface area contributed by atoms with Gasteiger partial charge in [-0.2, -0.15) is 0 Å². The zero-order valence-electron chi connectivity index (χ0n) is 11.7. The highest BCUT2D eigenvalue weighted by atomic mass is 35.5. The van der Waals surface area contributed by atoms with Gasteiger partial charge >= 0.3 is 0 Å². The van der Waals surface area contributed by atoms with E-state index >= 15 is 0 Å². The molecular weight excluding hydrogens is 254 g/mol. The van der Waals surface area contributed by atoms with Crippen LogP contribution < -0.4 is 5.32 Å². The Bertz CT molecular complexity index is 546. The highest BCUT2D eigenvalue weighted by Gasteiger charge is 2.11. The van der Waals surface area contributed by atoms with E-state index in [0.29, 0.717) is 6.04 Å². The average Bonchev–Trinajstić information content (AvgIpc) is 2.41. The number of rotatable bonds is 4. The lowest BCUT2D eigenvalue weighted by Gasteiger charge is -2.18. The summed E-state index contributed by atoms with van der Waals surface area (Å²) in [6.07, 6.45) is 0.992. The fourth-order valence-electron chi connectivity index (χ4n) is 2.32. The largest absolute Gasteiger partial charge is 0.313 e. The lowest BCUT2D eigenvalue weighted by atomic mass is 9.95. The van der Waals surface area contributed by atoms with Crippen LogP contribution in [0.3, 0.4) is 0 Å². The van der Waals surface area contributed by atoms with E-state index < -0.39 is 0 Å². The summed E-state index contributed by atoms with van der Waals surface area (Å²) in [6.45, 7) is 4.31. The molecule has 0 spiro atoms. The van der Waals surface area contributed by atoms with Crippen molar-refractivity contribution >= 4 is 11.6 Å². The van der Waals surface area contributed by atoms with Gasteiger partial charge in [-0.1, -0.05) is 47.5 Å². The van der Waals surface area contributed by atoms with E-state index in [4.69, 9.17) is 11.6 Å². The molecule has 1 atom stereocenters. The molecule has 0 bridgehead atoms. The Morgan fingerprint density at radius 1 is 1.05 bits per heavy atom. The van der Waals surface area contributed by atoms with Gasteiger partial charge in [0.15, 0.2) is 0 Å². The van der Waals surface area contributed by atoms with Crippen molar-refractivity contribution in [3.8, 4) is 0 Å². The van der Waals surface area contributed by atoms with E-state index in [2.05, 4.69) is 49.5 Å². The third-order valence-electron chi connectivity index (χ3n) is 3.55. The Balaban J connectivity index is 2.23. The fourth-order valence-corrected chi connectivity index (χ4v) is 2.45. The van der Waals surface area contributed by atoms with Crippen LogP contribution in [0.1, 0.15) is 28.3 Å². The summed E-state index contributed by atoms with van der Waals surface area (Å²) >= 11 is 5.95. The maximum atomic E-state index is 5.95. The second-order valence-electron chi connectivity index (χ2n) is 5.03. The zero-order valence-corrected chi connectivity index (χ0v) is 12.5. The first-order chi connectivity index (χ1) is 9.10. The molecule has 2 aromatic carbocycles. The van der Waals surface area contributed by atoms with Gasteiger partial charge in [-0.05, 0) is 56.1 Å². The zero-order chi connectivity index (χ0) is 13.8. The number of hydrogen-bond acceptors (Lipinski definition) is 1. The van der Waals surface area contributed by atoms with Crippen LogP contribution in [-0.4, -0.2) is 7.05 Å². The summed E-state index contributed by atoms with van der Waals surface area (Å²) in [5.74, 6) is 0. The minimum absolute atomic E-state index is 0.317. The van der Waals surface area contributed by atoms with Gasteiger partial charge in [0.1, 0.15) is 0 Å². The first kappa shape index (κ1) is 14.1. The van der Waals surface area contributed by atoms with Crippen molar-refractivity contribution in [1.29, 1.82) is 0 Å². The van der Waals surface area contributed by atoms with Gasteiger partial charge in [0.2, 0.25) is 0 Å². The fraction of sp³-hybridized carbons (Fsp3) is 0.294. The van der Waals surface area contributed by atoms with Gasteiger partial charge in [-0.3, -0.25) is 0 Å². The van der Waals surface area contributed by atoms with Crippen LogP contribution in [0.4, 0.5) is 0 Å². The Morgan fingerprint density at radius 2 is 1.74 bits per heavy atom. The summed E-state index contributed by atoms with van der Waals surface area (Å²) in [5, 5.41) is 4.17. The average molecular weight is 274 g/mol. The van der Waals surface area contributed by atoms with Crippen molar-refractivity contribution in [1.82, 2.24) is 5.32 Å². The summed E-state index contributed by atoms with van der Waals surface area (Å²) in [6, 6.07) is 15.0. The van der Waals surface area contributed by atoms with Gasteiger partial charge in [-0.25, -0.2) is 0 Å². The Kier molecular flexibility index (Phi) is 4.62. The number of aryl methyl sites for hydroxylation is 2. The van der Waals surface area contributed by atoms with Crippen molar-refractivity contribution < 1.29 is 0 Å². The minimum atomic E-state index is 0.317. The quantitative estimate of drug-likeness (QED) is 0.867. The van der Waals surface area contributed by atoms with Crippen molar-refractivity contribution in [3.63, 3.8) is 0 Å². The summed E-state index contributed by atoms with van der Waals surface area (Å²) in [7, 11) is 2.00. The standard InChI is InChI=1S/C17H20ClN/c1-12-4-5-13(2)15(10-12)11-17(19-3)14-6-8-16(18)9-7-14/h4-10,17,19H,11H2,1-3H3. The van der Waals surface area contributed by atoms with E-state index in [1.54, 1.807) is 0 Å². The molecule has 1 nitrogen and oxygen atoms in total. The normalized spacial score (nSPS) is 12.4. The van der Waals surface area contributed by atoms with Crippen LogP contribution >= 0.6 is 11.6 Å². The number of halogens is 1. The van der Waals surface area contributed by atoms with Crippen molar-refractivity contribution in [2.45, 2.75) is 26.3 Å². The maximum Gasteiger partial charge on any atom is 0.0406 e. The van der Waals surface area contributed by atoms with E-state index in [1.165, 1.54) is 22.3 Å². The van der Waals surface area contributed by atoms with Gasteiger partial charge in [0, 0.05) is 11.1 Å². The molecule has 1 N–H and O–H groups in total. The molecule has 0 aliphatic rings. The number of likely N-dealkylation sites (N-methyl/N-ethyl adjacent to an activating group) is 1. The molecule has 19 heavy (non-hydrogen) atoms. The van der Waals surface area contributed by atoms with Crippen molar-refractivity contribution in [2.24, 2.45) is 0 Å². The van der Waals surface area contributed by atoms with Crippen LogP contribution in [0.15, 0.2) is 42.5 Å². The van der Waals surface area contributed by atoms with Gasteiger partial charge in [-0.15, -0.1) is 0 Å². The second-order valence-corrected chi connectivity index (χ2v) is 5.46. The monoisotopic (exact) mass is 273 g/mol. The molecule has 0 aliphatic heterocycles. The highest BCUT2D eigenvalue weighted by Crippen LogP contribution is 2.22. The van der Waals surface area contributed by atoms with E-state index in [9.17, 15) is 0 Å². The number of hydrogen-bond donors (Lipinski definition) is 1. The molecule has 0 radical (unpaired) electrons. The van der Waals surface area contributed by atoms with E-state index in [1.807, 2.05) is 19.2 Å². The van der Waals surface area contributed by atoms with Crippen LogP contribution in [0, 0.1) is 13.8 Å². The van der Waals surface area contributed by atoms with E-state index in [0.717, 1.165) is 11.4 Å². The van der Waals surface area contributed by atoms with Crippen LogP contribution in [-0.2, 0) is 6.42 Å². The molecule has 100 valence electrons. The number of nitrogens with one attached hydrogen (secondary N) is 1. The predicted molar refractivity (Wildman–Crippen MR) is 82.9 cm³/mol. The second kappa shape index (κ2) is 6.23. The van der Waals surface area contributed by atoms with Crippen LogP contribution in [0.25, 0.3) is 0 Å². The summed E-state index contributed by atoms with van der Waals surface area (Å²) in [5.41, 5.74) is 5.33. The SMILES string of the molecule is CNC(Cc1cc(C)ccc1C)c1ccc(Cl)cc1. The molecule has 0 amide bonds. The molecule has 0 aliphatic carbocycles. The molecular formula is C17H20ClN. The smallest absolute Gasteiger partial charge is 0.0406 e. The van der Waals surface area contributed by atoms with Gasteiger partial charge in [0.05, 0.1) is 0 Å². The third-order valence-corrected chi connectivity index (χ3v) is 3.80. The molecule has 0 saturated carbocycles. The summed E-state index contributed by atoms with van der Waals surface area (Å²) < 4.78 is 0. The summed E-state index contributed by atoms with van der Waals surface area (Å²) in [4.78, 5) is 0. The Morgan fingerprint density at radius 3 is 2.37 bits per heavy atom. The third kappa shape index (κ3) is 3.59. The predicted octanol–water partition coefficient (Wildman–Crippen LogP) is 4.46. The highest BCUT2D eigenvalue weighted by molar-refractivity contribution is 6.30. The molecule has 2 heteroatoms. The molecule has 0 aromatic heterocycles. The topological polar surface area (TPSA) is 12.0 Å². The Labute approximate surface area is 120 Å². The molecule has 0 heterocycles. The first-order valence-electron chi connectivity index (χ1n) is 6.59. The maximum absolute atomic E-state index is 5.95. The van der Waals surface area contributed by atoms with Crippen molar-refractivity contribution in [2.75, 3.05) is 7.05 Å². The molecule has 0 fully saturated rings. The lowest BCUT2D eigenvalue weighted by Crippen LogP contribution is -2.19. The number of benzene rings is 2. The molecule has 2 rings (SSSR count). The molecule has 0 saturated heterocycles.